The molecule has 0 radical (unpaired) electrons. The van der Waals surface area contributed by atoms with Crippen molar-refractivity contribution < 1.29 is 8.42 Å². The molecule has 2 aromatic carbocycles. The van der Waals surface area contributed by atoms with Crippen molar-refractivity contribution in [3.63, 3.8) is 0 Å². The molecule has 4 aromatic rings. The predicted molar refractivity (Wildman–Crippen MR) is 110 cm³/mol. The van der Waals surface area contributed by atoms with Crippen LogP contribution in [0.15, 0.2) is 65.7 Å². The van der Waals surface area contributed by atoms with E-state index < -0.39 is 10.0 Å². The molecular weight excluding hydrogens is 425 g/mol. The van der Waals surface area contributed by atoms with E-state index >= 15 is 0 Å². The number of nitrogens with one attached hydrogen (secondary N) is 1. The molecule has 9 heteroatoms. The van der Waals surface area contributed by atoms with E-state index in [4.69, 9.17) is 23.2 Å². The summed E-state index contributed by atoms with van der Waals surface area (Å²) in [5.41, 5.74) is 2.12. The van der Waals surface area contributed by atoms with Crippen LogP contribution < -0.4 is 4.72 Å². The summed E-state index contributed by atoms with van der Waals surface area (Å²) in [6.45, 7) is 0. The van der Waals surface area contributed by atoms with Crippen LogP contribution in [0.1, 0.15) is 0 Å². The number of hydrogen-bond acceptors (Lipinski definition) is 5. The number of hydrogen-bond donors (Lipinski definition) is 1. The highest BCUT2D eigenvalue weighted by Crippen LogP contribution is 2.31. The molecule has 0 amide bonds. The van der Waals surface area contributed by atoms with E-state index in [-0.39, 0.29) is 9.92 Å². The Morgan fingerprint density at radius 1 is 1.00 bits per heavy atom. The SMILES string of the molecule is O=S(=O)(Nc1ccc(-c2nc3cccnc3s2)cc1)c1cc(Cl)ccc1Cl. The molecule has 0 spiro atoms. The average Bonchev–Trinajstić information content (AvgIpc) is 3.08. The topological polar surface area (TPSA) is 72.0 Å². The number of nitrogens with zero attached hydrogens (tertiary/aromatic N) is 2. The van der Waals surface area contributed by atoms with Gasteiger partial charge in [-0.2, -0.15) is 0 Å². The van der Waals surface area contributed by atoms with Gasteiger partial charge in [-0.25, -0.2) is 18.4 Å². The molecule has 136 valence electrons. The second kappa shape index (κ2) is 7.09. The summed E-state index contributed by atoms with van der Waals surface area (Å²) in [5.74, 6) is 0. The van der Waals surface area contributed by atoms with Gasteiger partial charge in [0.15, 0.2) is 0 Å². The highest BCUT2D eigenvalue weighted by Gasteiger charge is 2.18. The molecular formula is C18H11Cl2N3O2S2. The Bertz CT molecular complexity index is 1210. The zero-order chi connectivity index (χ0) is 19.0. The molecule has 27 heavy (non-hydrogen) atoms. The first kappa shape index (κ1) is 18.2. The van der Waals surface area contributed by atoms with Crippen LogP contribution in [0, 0.1) is 0 Å². The number of aromatic nitrogens is 2. The van der Waals surface area contributed by atoms with E-state index in [0.29, 0.717) is 10.7 Å². The van der Waals surface area contributed by atoms with Crippen molar-refractivity contribution >= 4 is 60.6 Å². The Morgan fingerprint density at radius 3 is 2.52 bits per heavy atom. The van der Waals surface area contributed by atoms with Crippen LogP contribution in [0.4, 0.5) is 5.69 Å². The van der Waals surface area contributed by atoms with Crippen molar-refractivity contribution in [1.82, 2.24) is 9.97 Å². The number of pyridine rings is 1. The van der Waals surface area contributed by atoms with Crippen LogP contribution in [-0.2, 0) is 10.0 Å². The van der Waals surface area contributed by atoms with E-state index in [0.717, 1.165) is 20.9 Å². The van der Waals surface area contributed by atoms with E-state index in [2.05, 4.69) is 14.7 Å². The van der Waals surface area contributed by atoms with Crippen LogP contribution in [0.3, 0.4) is 0 Å². The van der Waals surface area contributed by atoms with Crippen LogP contribution in [0.5, 0.6) is 0 Å². The van der Waals surface area contributed by atoms with E-state index in [1.807, 2.05) is 12.1 Å². The van der Waals surface area contributed by atoms with Crippen LogP contribution in [0.2, 0.25) is 10.0 Å². The molecule has 0 aliphatic carbocycles. The number of thiazole rings is 1. The van der Waals surface area contributed by atoms with Crippen molar-refractivity contribution in [2.75, 3.05) is 4.72 Å². The summed E-state index contributed by atoms with van der Waals surface area (Å²) in [5, 5.41) is 1.21. The number of sulfonamides is 1. The quantitative estimate of drug-likeness (QED) is 0.461. The van der Waals surface area contributed by atoms with Gasteiger partial charge in [-0.3, -0.25) is 4.72 Å². The van der Waals surface area contributed by atoms with Gasteiger partial charge in [0.05, 0.1) is 5.02 Å². The fourth-order valence-electron chi connectivity index (χ4n) is 2.47. The molecule has 5 nitrogen and oxygen atoms in total. The molecule has 2 heterocycles. The third-order valence-electron chi connectivity index (χ3n) is 3.73. The van der Waals surface area contributed by atoms with Gasteiger partial charge in [-0.1, -0.05) is 34.5 Å². The third kappa shape index (κ3) is 3.77. The van der Waals surface area contributed by atoms with Crippen LogP contribution in [0.25, 0.3) is 20.9 Å². The molecule has 0 bridgehead atoms. The Kier molecular flexibility index (Phi) is 4.77. The van der Waals surface area contributed by atoms with Crippen molar-refractivity contribution in [3.05, 3.63) is 70.8 Å². The number of halogens is 2. The van der Waals surface area contributed by atoms with Gasteiger partial charge in [0, 0.05) is 22.5 Å². The van der Waals surface area contributed by atoms with Gasteiger partial charge in [0.25, 0.3) is 10.0 Å². The summed E-state index contributed by atoms with van der Waals surface area (Å²) in [7, 11) is -3.85. The van der Waals surface area contributed by atoms with Gasteiger partial charge in [-0.15, -0.1) is 0 Å². The van der Waals surface area contributed by atoms with Gasteiger partial charge < -0.3 is 0 Å². The minimum Gasteiger partial charge on any atom is -0.280 e. The summed E-state index contributed by atoms with van der Waals surface area (Å²) in [6.07, 6.45) is 1.73. The zero-order valence-electron chi connectivity index (χ0n) is 13.6. The molecule has 0 aliphatic heterocycles. The Morgan fingerprint density at radius 2 is 1.78 bits per heavy atom. The lowest BCUT2D eigenvalue weighted by Crippen LogP contribution is -2.13. The lowest BCUT2D eigenvalue weighted by Gasteiger charge is -2.10. The largest absolute Gasteiger partial charge is 0.280 e. The fourth-order valence-corrected chi connectivity index (χ4v) is 5.20. The van der Waals surface area contributed by atoms with Crippen molar-refractivity contribution in [3.8, 4) is 10.6 Å². The number of benzene rings is 2. The van der Waals surface area contributed by atoms with Crippen molar-refractivity contribution in [1.29, 1.82) is 0 Å². The summed E-state index contributed by atoms with van der Waals surface area (Å²) < 4.78 is 27.7. The van der Waals surface area contributed by atoms with Crippen LogP contribution in [-0.4, -0.2) is 18.4 Å². The molecule has 4 rings (SSSR count). The first-order chi connectivity index (χ1) is 12.9. The predicted octanol–water partition coefficient (Wildman–Crippen LogP) is 5.47. The molecule has 2 aromatic heterocycles. The molecule has 0 saturated heterocycles. The highest BCUT2D eigenvalue weighted by atomic mass is 35.5. The second-order valence-corrected chi connectivity index (χ2v) is 9.08. The van der Waals surface area contributed by atoms with E-state index in [9.17, 15) is 8.42 Å². The van der Waals surface area contributed by atoms with E-state index in [1.54, 1.807) is 30.5 Å². The molecule has 0 atom stereocenters. The molecule has 0 saturated carbocycles. The minimum atomic E-state index is -3.85. The Hall–Kier alpha value is -2.19. The summed E-state index contributed by atoms with van der Waals surface area (Å²) in [4.78, 5) is 9.61. The summed E-state index contributed by atoms with van der Waals surface area (Å²) >= 11 is 13.4. The average molecular weight is 436 g/mol. The molecule has 0 fully saturated rings. The number of fused-ring (bicyclic) bond motifs is 1. The smallest absolute Gasteiger partial charge is 0.263 e. The lowest BCUT2D eigenvalue weighted by molar-refractivity contribution is 0.601. The second-order valence-electron chi connectivity index (χ2n) is 5.60. The van der Waals surface area contributed by atoms with Gasteiger partial charge >= 0.3 is 0 Å². The maximum absolute atomic E-state index is 12.6. The maximum Gasteiger partial charge on any atom is 0.263 e. The number of anilines is 1. The van der Waals surface area contributed by atoms with Crippen molar-refractivity contribution in [2.45, 2.75) is 4.90 Å². The fraction of sp³-hybridized carbons (Fsp3) is 0. The highest BCUT2D eigenvalue weighted by molar-refractivity contribution is 7.92. The minimum absolute atomic E-state index is 0.0713. The molecule has 0 aliphatic rings. The monoisotopic (exact) mass is 435 g/mol. The normalized spacial score (nSPS) is 11.6. The standard InChI is InChI=1S/C18H11Cl2N3O2S2/c19-12-5-8-14(20)16(10-12)27(24,25)23-13-6-3-11(4-7-13)17-22-15-2-1-9-21-18(15)26-17/h1-10,23H. The first-order valence-electron chi connectivity index (χ1n) is 7.72. The summed E-state index contributed by atoms with van der Waals surface area (Å²) in [6, 6.07) is 15.0. The zero-order valence-corrected chi connectivity index (χ0v) is 16.7. The Balaban J connectivity index is 1.61. The van der Waals surface area contributed by atoms with Gasteiger partial charge in [0.2, 0.25) is 0 Å². The molecule has 0 unspecified atom stereocenters. The number of rotatable bonds is 4. The molecule has 1 N–H and O–H groups in total. The van der Waals surface area contributed by atoms with Gasteiger partial charge in [-0.05, 0) is 54.6 Å². The Labute approximate surface area is 169 Å². The van der Waals surface area contributed by atoms with Gasteiger partial charge in [0.1, 0.15) is 20.3 Å². The van der Waals surface area contributed by atoms with Crippen LogP contribution >= 0.6 is 34.5 Å². The lowest BCUT2D eigenvalue weighted by atomic mass is 10.2. The third-order valence-corrected chi connectivity index (χ3v) is 6.86. The maximum atomic E-state index is 12.6. The first-order valence-corrected chi connectivity index (χ1v) is 10.8. The van der Waals surface area contributed by atoms with Crippen molar-refractivity contribution in [2.24, 2.45) is 0 Å². The van der Waals surface area contributed by atoms with E-state index in [1.165, 1.54) is 29.5 Å².